The maximum Gasteiger partial charge on any atom is 0.410 e. The van der Waals surface area contributed by atoms with Gasteiger partial charge in [-0.05, 0) is 39.2 Å². The summed E-state index contributed by atoms with van der Waals surface area (Å²) in [6, 6.07) is 9.53. The van der Waals surface area contributed by atoms with Crippen LogP contribution in [0, 0.1) is 0 Å². The molecule has 1 unspecified atom stereocenters. The molecule has 1 aromatic carbocycles. The van der Waals surface area contributed by atoms with E-state index in [0.717, 1.165) is 12.0 Å². The van der Waals surface area contributed by atoms with Crippen LogP contribution in [-0.2, 0) is 10.3 Å². The minimum absolute atomic E-state index is 0.284. The minimum Gasteiger partial charge on any atom is -0.444 e. The first-order valence-electron chi connectivity index (χ1n) is 7.06. The quantitative estimate of drug-likeness (QED) is 0.858. The Hall–Kier alpha value is -1.55. The lowest BCUT2D eigenvalue weighted by Gasteiger charge is -2.39. The average Bonchev–Trinajstić information content (AvgIpc) is 2.38. The zero-order valence-electron chi connectivity index (χ0n) is 12.4. The summed E-state index contributed by atoms with van der Waals surface area (Å²) in [5, 5.41) is 10.8. The van der Waals surface area contributed by atoms with Crippen molar-refractivity contribution in [2.75, 3.05) is 13.1 Å². The number of nitrogens with zero attached hydrogens (tertiary/aromatic N) is 1. The molecule has 0 aliphatic carbocycles. The highest BCUT2D eigenvalue weighted by Crippen LogP contribution is 2.31. The van der Waals surface area contributed by atoms with E-state index in [0.29, 0.717) is 13.0 Å². The number of ether oxygens (including phenoxy) is 1. The van der Waals surface area contributed by atoms with E-state index < -0.39 is 11.2 Å². The monoisotopic (exact) mass is 277 g/mol. The number of aliphatic hydroxyl groups is 1. The summed E-state index contributed by atoms with van der Waals surface area (Å²) in [5.41, 5.74) is -0.635. The predicted molar refractivity (Wildman–Crippen MR) is 77.4 cm³/mol. The fourth-order valence-electron chi connectivity index (χ4n) is 2.50. The van der Waals surface area contributed by atoms with Gasteiger partial charge in [0.1, 0.15) is 11.2 Å². The number of amides is 1. The number of β-amino-alcohol motifs (C(OH)–C–C–N with tert-alkyl or cyclic N) is 1. The molecule has 1 heterocycles. The Morgan fingerprint density at radius 2 is 1.95 bits per heavy atom. The highest BCUT2D eigenvalue weighted by atomic mass is 16.6. The van der Waals surface area contributed by atoms with E-state index in [9.17, 15) is 9.90 Å². The number of rotatable bonds is 1. The van der Waals surface area contributed by atoms with Crippen molar-refractivity contribution in [2.45, 2.75) is 44.8 Å². The third-order valence-electron chi connectivity index (χ3n) is 3.43. The van der Waals surface area contributed by atoms with Gasteiger partial charge in [-0.15, -0.1) is 0 Å². The third-order valence-corrected chi connectivity index (χ3v) is 3.43. The van der Waals surface area contributed by atoms with Crippen molar-refractivity contribution in [1.29, 1.82) is 0 Å². The van der Waals surface area contributed by atoms with Gasteiger partial charge in [-0.3, -0.25) is 0 Å². The molecule has 1 fully saturated rings. The molecule has 0 bridgehead atoms. The van der Waals surface area contributed by atoms with E-state index >= 15 is 0 Å². The molecule has 110 valence electrons. The lowest BCUT2D eigenvalue weighted by atomic mass is 9.86. The fraction of sp³-hybridized carbons (Fsp3) is 0.562. The van der Waals surface area contributed by atoms with Gasteiger partial charge in [0, 0.05) is 6.54 Å². The van der Waals surface area contributed by atoms with E-state index in [1.165, 1.54) is 0 Å². The van der Waals surface area contributed by atoms with Gasteiger partial charge in [-0.25, -0.2) is 4.79 Å². The van der Waals surface area contributed by atoms with Crippen molar-refractivity contribution in [3.05, 3.63) is 35.9 Å². The Balaban J connectivity index is 2.11. The topological polar surface area (TPSA) is 49.8 Å². The Morgan fingerprint density at radius 1 is 1.30 bits per heavy atom. The normalized spacial score (nSPS) is 23.5. The summed E-state index contributed by atoms with van der Waals surface area (Å²) in [5.74, 6) is 0. The van der Waals surface area contributed by atoms with Crippen LogP contribution in [0.15, 0.2) is 30.3 Å². The van der Waals surface area contributed by atoms with E-state index in [1.807, 2.05) is 51.1 Å². The molecule has 1 aliphatic rings. The molecule has 1 amide bonds. The van der Waals surface area contributed by atoms with E-state index in [2.05, 4.69) is 0 Å². The second-order valence-corrected chi connectivity index (χ2v) is 6.40. The smallest absolute Gasteiger partial charge is 0.410 e. The molecule has 1 aliphatic heterocycles. The number of benzene rings is 1. The molecule has 0 saturated carbocycles. The third kappa shape index (κ3) is 3.51. The van der Waals surface area contributed by atoms with Gasteiger partial charge in [0.25, 0.3) is 0 Å². The molecule has 2 rings (SSSR count). The minimum atomic E-state index is -0.976. The Kier molecular flexibility index (Phi) is 4.04. The molecule has 20 heavy (non-hydrogen) atoms. The fourth-order valence-corrected chi connectivity index (χ4v) is 2.50. The molecule has 0 aromatic heterocycles. The number of carbonyl (C=O) groups excluding carboxylic acids is 1. The second-order valence-electron chi connectivity index (χ2n) is 6.40. The van der Waals surface area contributed by atoms with Gasteiger partial charge >= 0.3 is 6.09 Å². The van der Waals surface area contributed by atoms with Crippen LogP contribution in [-0.4, -0.2) is 34.8 Å². The van der Waals surface area contributed by atoms with E-state index in [-0.39, 0.29) is 12.6 Å². The molecule has 4 nitrogen and oxygen atoms in total. The number of hydrogen-bond acceptors (Lipinski definition) is 3. The summed E-state index contributed by atoms with van der Waals surface area (Å²) in [4.78, 5) is 13.7. The Morgan fingerprint density at radius 3 is 2.55 bits per heavy atom. The first-order chi connectivity index (χ1) is 9.30. The van der Waals surface area contributed by atoms with Crippen molar-refractivity contribution in [3.63, 3.8) is 0 Å². The molecule has 1 N–H and O–H groups in total. The first kappa shape index (κ1) is 14.9. The van der Waals surface area contributed by atoms with E-state index in [1.54, 1.807) is 4.90 Å². The Bertz CT molecular complexity index is 466. The first-order valence-corrected chi connectivity index (χ1v) is 7.06. The summed E-state index contributed by atoms with van der Waals surface area (Å²) >= 11 is 0. The van der Waals surface area contributed by atoms with Gasteiger partial charge in [0.2, 0.25) is 0 Å². The molecular formula is C16H23NO3. The zero-order chi connectivity index (χ0) is 14.8. The second kappa shape index (κ2) is 5.44. The van der Waals surface area contributed by atoms with Crippen molar-refractivity contribution < 1.29 is 14.6 Å². The molecule has 0 radical (unpaired) electrons. The maximum absolute atomic E-state index is 12.1. The van der Waals surface area contributed by atoms with Crippen molar-refractivity contribution in [2.24, 2.45) is 0 Å². The number of piperidine rings is 1. The van der Waals surface area contributed by atoms with Crippen LogP contribution in [0.1, 0.15) is 39.2 Å². The van der Waals surface area contributed by atoms with Gasteiger partial charge in [0.05, 0.1) is 6.54 Å². The molecule has 1 atom stereocenters. The number of carbonyl (C=O) groups is 1. The molecule has 1 saturated heterocycles. The van der Waals surface area contributed by atoms with Crippen LogP contribution in [0.25, 0.3) is 0 Å². The Labute approximate surface area is 120 Å². The van der Waals surface area contributed by atoms with Crippen molar-refractivity contribution in [1.82, 2.24) is 4.90 Å². The maximum atomic E-state index is 12.1. The lowest BCUT2D eigenvalue weighted by Crippen LogP contribution is -2.49. The molecule has 1 aromatic rings. The van der Waals surface area contributed by atoms with Gasteiger partial charge < -0.3 is 14.7 Å². The van der Waals surface area contributed by atoms with Crippen LogP contribution < -0.4 is 0 Å². The molecule has 4 heteroatoms. The molecular weight excluding hydrogens is 254 g/mol. The molecule has 0 spiro atoms. The van der Waals surface area contributed by atoms with Gasteiger partial charge in [0.15, 0.2) is 0 Å². The highest BCUT2D eigenvalue weighted by Gasteiger charge is 2.37. The SMILES string of the molecule is CC(C)(C)OC(=O)N1CCCC(O)(c2ccccc2)C1. The van der Waals surface area contributed by atoms with Gasteiger partial charge in [-0.2, -0.15) is 0 Å². The van der Waals surface area contributed by atoms with E-state index in [4.69, 9.17) is 4.74 Å². The van der Waals surface area contributed by atoms with Crippen LogP contribution in [0.3, 0.4) is 0 Å². The summed E-state index contributed by atoms with van der Waals surface area (Å²) in [7, 11) is 0. The average molecular weight is 277 g/mol. The van der Waals surface area contributed by atoms with Gasteiger partial charge in [-0.1, -0.05) is 30.3 Å². The predicted octanol–water partition coefficient (Wildman–Crippen LogP) is 2.91. The van der Waals surface area contributed by atoms with Crippen molar-refractivity contribution in [3.8, 4) is 0 Å². The van der Waals surface area contributed by atoms with Crippen LogP contribution >= 0.6 is 0 Å². The lowest BCUT2D eigenvalue weighted by molar-refractivity contribution is -0.0465. The van der Waals surface area contributed by atoms with Crippen LogP contribution in [0.5, 0.6) is 0 Å². The number of hydrogen-bond donors (Lipinski definition) is 1. The zero-order valence-corrected chi connectivity index (χ0v) is 12.4. The van der Waals surface area contributed by atoms with Crippen LogP contribution in [0.4, 0.5) is 4.79 Å². The number of likely N-dealkylation sites (tertiary alicyclic amines) is 1. The summed E-state index contributed by atoms with van der Waals surface area (Å²) < 4.78 is 5.38. The summed E-state index contributed by atoms with van der Waals surface area (Å²) in [6.07, 6.45) is 1.08. The highest BCUT2D eigenvalue weighted by molar-refractivity contribution is 5.68. The van der Waals surface area contributed by atoms with Crippen molar-refractivity contribution >= 4 is 6.09 Å². The summed E-state index contributed by atoms with van der Waals surface area (Å²) in [6.45, 7) is 6.45. The van der Waals surface area contributed by atoms with Crippen LogP contribution in [0.2, 0.25) is 0 Å². The standard InChI is InChI=1S/C16H23NO3/c1-15(2,3)20-14(18)17-11-7-10-16(19,12-17)13-8-5-4-6-9-13/h4-6,8-9,19H,7,10-12H2,1-3H3. The largest absolute Gasteiger partial charge is 0.444 e.